The number of hydrogen-bond donors (Lipinski definition) is 6. The summed E-state index contributed by atoms with van der Waals surface area (Å²) in [6, 6.07) is 0. The Kier molecular flexibility index (Phi) is 11.2. The number of phenols is 2. The van der Waals surface area contributed by atoms with E-state index in [0.29, 0.717) is 25.2 Å². The highest BCUT2D eigenvalue weighted by molar-refractivity contribution is 6.19. The number of aliphatic hydroxyl groups excluding tert-OH is 3. The molecule has 5 bridgehead atoms. The molecular weight excluding hydrogens is 704 g/mol. The molecule has 6 N–H and O–H groups in total. The van der Waals surface area contributed by atoms with Crippen molar-refractivity contribution in [2.45, 2.75) is 111 Å². The standard InChI is InChI=1S/C42H56N4O9/c1-21(2)20-46-17-15-42(16-18-46)44-31-28-29-36(50)26(7)38-30(28)39(52)41(8,55-38)54-19-10-9-14-27(47)24(5)35(49)25(6)34(48)22(3)12-11-13-23(4)40(53)43-33(37(29)51)32(31)45-42/h10-13,19,21-22,24-25,27,34-35,47-51H,9,14-18,20H2,1-8H3,(H,43,53)/b12-11+,19-10+,23-13-/t22-,24-,25+,27+,34-,35-,41?/m0/s1. The number of ether oxygens (including phenoxy) is 2. The van der Waals surface area contributed by atoms with Crippen LogP contribution >= 0.6 is 0 Å². The second kappa shape index (κ2) is 15.3. The van der Waals surface area contributed by atoms with Gasteiger partial charge in [0.2, 0.25) is 0 Å². The van der Waals surface area contributed by atoms with Crippen LogP contribution in [0.3, 0.4) is 0 Å². The highest BCUT2D eigenvalue weighted by Gasteiger charge is 2.50. The van der Waals surface area contributed by atoms with E-state index in [1.165, 1.54) is 13.2 Å². The second-order valence-electron chi connectivity index (χ2n) is 16.5. The minimum absolute atomic E-state index is 0.0326. The van der Waals surface area contributed by atoms with Gasteiger partial charge in [0.1, 0.15) is 22.5 Å². The maximum atomic E-state index is 14.4. The molecule has 1 fully saturated rings. The Morgan fingerprint density at radius 2 is 1.64 bits per heavy atom. The number of nitrogens with one attached hydrogen (secondary N) is 1. The Morgan fingerprint density at radius 3 is 2.31 bits per heavy atom. The van der Waals surface area contributed by atoms with Crippen LogP contribution < -0.4 is 20.8 Å². The largest absolute Gasteiger partial charge is 0.507 e. The zero-order valence-corrected chi connectivity index (χ0v) is 33.1. The van der Waals surface area contributed by atoms with Crippen molar-refractivity contribution in [3.8, 4) is 17.2 Å². The number of phenolic OH excluding ortho intramolecular Hbond substituents is 2. The van der Waals surface area contributed by atoms with Gasteiger partial charge in [-0.2, -0.15) is 0 Å². The molecule has 0 radical (unpaired) electrons. The van der Waals surface area contributed by atoms with Crippen LogP contribution in [0, 0.1) is 30.6 Å². The van der Waals surface area contributed by atoms with Gasteiger partial charge in [0.25, 0.3) is 11.7 Å². The summed E-state index contributed by atoms with van der Waals surface area (Å²) >= 11 is 0. The van der Waals surface area contributed by atoms with Gasteiger partial charge in [-0.15, -0.1) is 0 Å². The van der Waals surface area contributed by atoms with Crippen molar-refractivity contribution in [2.75, 3.05) is 25.0 Å². The minimum atomic E-state index is -1.84. The maximum absolute atomic E-state index is 14.4. The van der Waals surface area contributed by atoms with Gasteiger partial charge in [0, 0.05) is 73.7 Å². The van der Waals surface area contributed by atoms with Gasteiger partial charge >= 0.3 is 5.79 Å². The monoisotopic (exact) mass is 760 g/mol. The average molecular weight is 761 g/mol. The number of rotatable bonds is 2. The smallest absolute Gasteiger partial charge is 0.312 e. The predicted octanol–water partition coefficient (Wildman–Crippen LogP) is 4.31. The Morgan fingerprint density at radius 1 is 0.964 bits per heavy atom. The molecule has 1 saturated heterocycles. The van der Waals surface area contributed by atoms with Crippen molar-refractivity contribution >= 4 is 28.2 Å². The summed E-state index contributed by atoms with van der Waals surface area (Å²) in [7, 11) is 0. The van der Waals surface area contributed by atoms with Crippen LogP contribution in [0.15, 0.2) is 46.1 Å². The number of allylic oxidation sites excluding steroid dienone is 3. The number of anilines is 1. The third kappa shape index (κ3) is 7.39. The van der Waals surface area contributed by atoms with Gasteiger partial charge in [-0.1, -0.05) is 52.8 Å². The highest BCUT2D eigenvalue weighted by Crippen LogP contribution is 2.50. The molecule has 5 aliphatic rings. The molecule has 5 heterocycles. The number of amides is 1. The molecular formula is C42H56N4O9. The first-order chi connectivity index (χ1) is 25.9. The molecule has 0 aromatic heterocycles. The van der Waals surface area contributed by atoms with Gasteiger partial charge in [-0.3, -0.25) is 19.6 Å². The zero-order chi connectivity index (χ0) is 40.1. The normalized spacial score (nSPS) is 32.3. The molecule has 7 atom stereocenters. The van der Waals surface area contributed by atoms with Gasteiger partial charge in [-0.25, -0.2) is 0 Å². The van der Waals surface area contributed by atoms with Crippen molar-refractivity contribution in [2.24, 2.45) is 33.7 Å². The lowest BCUT2D eigenvalue weighted by Crippen LogP contribution is -2.43. The van der Waals surface area contributed by atoms with E-state index in [-0.39, 0.29) is 61.8 Å². The Balaban J connectivity index is 1.51. The number of carbonyl (C=O) groups excluding carboxylic acids is 2. The van der Waals surface area contributed by atoms with Gasteiger partial charge in [0.05, 0.1) is 40.9 Å². The first-order valence-electron chi connectivity index (χ1n) is 19.4. The summed E-state index contributed by atoms with van der Waals surface area (Å²) in [6.07, 6.45) is 6.87. The summed E-state index contributed by atoms with van der Waals surface area (Å²) < 4.78 is 12.1. The van der Waals surface area contributed by atoms with Crippen LogP contribution in [0.5, 0.6) is 17.2 Å². The van der Waals surface area contributed by atoms with Crippen molar-refractivity contribution in [3.05, 3.63) is 58.0 Å². The molecule has 55 heavy (non-hydrogen) atoms. The number of ketones is 1. The fourth-order valence-corrected chi connectivity index (χ4v) is 8.22. The van der Waals surface area contributed by atoms with Crippen LogP contribution in [-0.2, 0) is 9.53 Å². The number of likely N-dealkylation sites (tertiary alicyclic amines) is 1. The molecule has 1 unspecified atom stereocenters. The SMILES string of the molecule is C/C1=C/C=C/[C@H](C)[C@H](O)[C@@H](C)[C@@H](O)[C@@H](C)[C@H](O)CC/C=C/OC2(C)Oc3c(C)c(O)c4c(O)c(c5c(c4c3C2=O)=NC2(CCN(CC(C)C)CC2)N=5)NC1=O. The molecule has 0 saturated carbocycles. The fourth-order valence-electron chi connectivity index (χ4n) is 8.22. The number of carbonyl (C=O) groups is 2. The van der Waals surface area contributed by atoms with E-state index in [4.69, 9.17) is 19.5 Å². The summed E-state index contributed by atoms with van der Waals surface area (Å²) in [4.78, 5) is 40.8. The molecule has 0 aliphatic carbocycles. The molecule has 298 valence electrons. The van der Waals surface area contributed by atoms with E-state index in [1.54, 1.807) is 58.9 Å². The molecule has 1 amide bonds. The quantitative estimate of drug-likeness (QED) is 0.241. The van der Waals surface area contributed by atoms with E-state index < -0.39 is 65.0 Å². The average Bonchev–Trinajstić information content (AvgIpc) is 3.64. The molecule has 13 heteroatoms. The summed E-state index contributed by atoms with van der Waals surface area (Å²) in [5, 5.41) is 60.2. The van der Waals surface area contributed by atoms with Crippen LogP contribution in [0.1, 0.15) is 90.1 Å². The number of piperidine rings is 1. The van der Waals surface area contributed by atoms with E-state index >= 15 is 0 Å². The van der Waals surface area contributed by atoms with Crippen molar-refractivity contribution < 1.29 is 44.6 Å². The lowest BCUT2D eigenvalue weighted by molar-refractivity contribution is -0.112. The number of aromatic hydroxyl groups is 2. The molecule has 1 spiro atoms. The third-order valence-corrected chi connectivity index (χ3v) is 11.8. The van der Waals surface area contributed by atoms with Crippen LogP contribution in [0.2, 0.25) is 0 Å². The first-order valence-corrected chi connectivity index (χ1v) is 19.4. The predicted molar refractivity (Wildman–Crippen MR) is 207 cm³/mol. The van der Waals surface area contributed by atoms with Crippen molar-refractivity contribution in [3.63, 3.8) is 0 Å². The number of aliphatic hydroxyl groups is 3. The Bertz CT molecular complexity index is 2080. The lowest BCUT2D eigenvalue weighted by atomic mass is 9.81. The number of Topliss-reactive ketones (excluding diaryl/α,β-unsaturated/α-hetero) is 1. The summed E-state index contributed by atoms with van der Waals surface area (Å²) in [6.45, 7) is 16.6. The second-order valence-corrected chi connectivity index (χ2v) is 16.5. The van der Waals surface area contributed by atoms with Crippen LogP contribution in [0.4, 0.5) is 5.69 Å². The third-order valence-electron chi connectivity index (χ3n) is 11.8. The van der Waals surface area contributed by atoms with Crippen molar-refractivity contribution in [1.29, 1.82) is 0 Å². The number of hydrogen-bond acceptors (Lipinski definition) is 12. The van der Waals surface area contributed by atoms with Gasteiger partial charge in [-0.05, 0) is 38.7 Å². The van der Waals surface area contributed by atoms with Gasteiger partial charge in [0.15, 0.2) is 11.4 Å². The molecule has 7 rings (SSSR count). The van der Waals surface area contributed by atoms with E-state index in [9.17, 15) is 35.1 Å². The summed E-state index contributed by atoms with van der Waals surface area (Å²) in [5.74, 6) is -4.72. The van der Waals surface area contributed by atoms with Gasteiger partial charge < -0.3 is 45.2 Å². The fraction of sp³-hybridized carbons (Fsp3) is 0.571. The number of fused-ring (bicyclic) bond motifs is 13. The summed E-state index contributed by atoms with van der Waals surface area (Å²) in [5.41, 5.74) is -0.404. The topological polar surface area (TPSA) is 194 Å². The van der Waals surface area contributed by atoms with E-state index in [0.717, 1.165) is 19.6 Å². The zero-order valence-electron chi connectivity index (χ0n) is 33.1. The first kappa shape index (κ1) is 40.4. The Labute approximate surface area is 321 Å². The molecule has 2 aromatic rings. The lowest BCUT2D eigenvalue weighted by Gasteiger charge is -2.36. The van der Waals surface area contributed by atoms with E-state index in [2.05, 4.69) is 24.1 Å². The van der Waals surface area contributed by atoms with Crippen LogP contribution in [-0.4, -0.2) is 91.5 Å². The number of benzene rings is 2. The molecule has 2 aromatic carbocycles. The minimum Gasteiger partial charge on any atom is -0.507 e. The Hall–Kier alpha value is -4.30. The number of nitrogens with zero attached hydrogens (tertiary/aromatic N) is 3. The van der Waals surface area contributed by atoms with E-state index in [1.807, 2.05) is 0 Å². The molecule has 13 nitrogen and oxygen atoms in total. The maximum Gasteiger partial charge on any atom is 0.312 e. The van der Waals surface area contributed by atoms with Crippen LogP contribution in [0.25, 0.3) is 10.8 Å². The van der Waals surface area contributed by atoms with Crippen molar-refractivity contribution in [1.82, 2.24) is 4.90 Å². The molecule has 5 aliphatic heterocycles. The highest BCUT2D eigenvalue weighted by atomic mass is 16.7.